The Balaban J connectivity index is 1.48. The van der Waals surface area contributed by atoms with Crippen LogP contribution in [0.2, 0.25) is 0 Å². The number of rotatable bonds is 9. The number of aromatic nitrogens is 3. The van der Waals surface area contributed by atoms with Crippen molar-refractivity contribution in [3.05, 3.63) is 95.8 Å². The quantitative estimate of drug-likeness (QED) is 0.417. The second kappa shape index (κ2) is 10.3. The Kier molecular flexibility index (Phi) is 6.84. The van der Waals surface area contributed by atoms with Crippen LogP contribution in [0.15, 0.2) is 79.1 Å². The van der Waals surface area contributed by atoms with Gasteiger partial charge in [-0.2, -0.15) is 0 Å². The molecule has 4 rings (SSSR count). The van der Waals surface area contributed by atoms with Gasteiger partial charge in [0.15, 0.2) is 11.5 Å². The lowest BCUT2D eigenvalue weighted by Crippen LogP contribution is -2.14. The second-order valence-corrected chi connectivity index (χ2v) is 7.19. The Hall–Kier alpha value is -4.33. The molecule has 4 aromatic rings. The molecule has 168 valence electrons. The fourth-order valence-corrected chi connectivity index (χ4v) is 3.26. The summed E-state index contributed by atoms with van der Waals surface area (Å²) in [7, 11) is 3.03. The van der Waals surface area contributed by atoms with Crippen LogP contribution in [0.4, 0.5) is 5.95 Å². The highest BCUT2D eigenvalue weighted by atomic mass is 16.5. The van der Waals surface area contributed by atoms with E-state index in [0.717, 1.165) is 11.1 Å². The van der Waals surface area contributed by atoms with Gasteiger partial charge in [0.25, 0.3) is 5.91 Å². The summed E-state index contributed by atoms with van der Waals surface area (Å²) < 4.78 is 18.5. The summed E-state index contributed by atoms with van der Waals surface area (Å²) >= 11 is 0. The Morgan fingerprint density at radius 1 is 0.909 bits per heavy atom. The number of ether oxygens (including phenoxy) is 3. The van der Waals surface area contributed by atoms with Gasteiger partial charge in [-0.3, -0.25) is 10.1 Å². The van der Waals surface area contributed by atoms with Crippen LogP contribution in [0, 0.1) is 0 Å². The summed E-state index contributed by atoms with van der Waals surface area (Å²) in [6.45, 7) is 0.890. The van der Waals surface area contributed by atoms with Gasteiger partial charge >= 0.3 is 0 Å². The number of nitrogens with one attached hydrogen (secondary N) is 1. The van der Waals surface area contributed by atoms with E-state index in [2.05, 4.69) is 15.4 Å². The molecule has 0 aliphatic carbocycles. The van der Waals surface area contributed by atoms with Crippen LogP contribution < -0.4 is 19.5 Å². The van der Waals surface area contributed by atoms with Crippen molar-refractivity contribution in [2.45, 2.75) is 13.2 Å². The molecule has 8 heteroatoms. The number of hydrogen-bond donors (Lipinski definition) is 1. The second-order valence-electron chi connectivity index (χ2n) is 7.19. The number of nitrogens with zero attached hydrogens (tertiary/aromatic N) is 3. The molecule has 1 amide bonds. The van der Waals surface area contributed by atoms with E-state index < -0.39 is 5.91 Å². The van der Waals surface area contributed by atoms with Crippen LogP contribution in [-0.4, -0.2) is 34.9 Å². The van der Waals surface area contributed by atoms with E-state index in [1.54, 1.807) is 23.1 Å². The fourth-order valence-electron chi connectivity index (χ4n) is 3.26. The van der Waals surface area contributed by atoms with Crippen molar-refractivity contribution < 1.29 is 19.0 Å². The van der Waals surface area contributed by atoms with Crippen molar-refractivity contribution >= 4 is 11.9 Å². The average Bonchev–Trinajstić information content (AvgIpc) is 3.29. The Morgan fingerprint density at radius 3 is 2.12 bits per heavy atom. The van der Waals surface area contributed by atoms with Gasteiger partial charge in [-0.1, -0.05) is 60.7 Å². The third-order valence-electron chi connectivity index (χ3n) is 4.90. The van der Waals surface area contributed by atoms with Crippen LogP contribution in [0.25, 0.3) is 0 Å². The van der Waals surface area contributed by atoms with Crippen LogP contribution in [0.1, 0.15) is 21.5 Å². The van der Waals surface area contributed by atoms with Crippen molar-refractivity contribution in [2.75, 3.05) is 19.5 Å². The maximum atomic E-state index is 12.9. The molecule has 1 aromatic heterocycles. The number of methoxy groups -OCH3 is 2. The molecule has 3 aromatic carbocycles. The zero-order valence-corrected chi connectivity index (χ0v) is 18.4. The van der Waals surface area contributed by atoms with Crippen LogP contribution in [-0.2, 0) is 13.2 Å². The molecule has 0 saturated carbocycles. The third kappa shape index (κ3) is 5.48. The lowest BCUT2D eigenvalue weighted by Gasteiger charge is -2.16. The summed E-state index contributed by atoms with van der Waals surface area (Å²) in [5.41, 5.74) is 2.41. The van der Waals surface area contributed by atoms with Gasteiger partial charge in [-0.25, -0.2) is 9.67 Å². The van der Waals surface area contributed by atoms with Crippen molar-refractivity contribution in [1.82, 2.24) is 14.8 Å². The molecular formula is C25H24N4O4. The van der Waals surface area contributed by atoms with E-state index in [4.69, 9.17) is 14.2 Å². The minimum absolute atomic E-state index is 0.207. The van der Waals surface area contributed by atoms with E-state index in [1.165, 1.54) is 14.2 Å². The summed E-state index contributed by atoms with van der Waals surface area (Å²) in [6, 6.07) is 22.8. The topological polar surface area (TPSA) is 87.5 Å². The average molecular weight is 444 g/mol. The fraction of sp³-hybridized carbons (Fsp3) is 0.160. The summed E-state index contributed by atoms with van der Waals surface area (Å²) in [4.78, 5) is 17.0. The van der Waals surface area contributed by atoms with Crippen molar-refractivity contribution in [3.63, 3.8) is 0 Å². The monoisotopic (exact) mass is 444 g/mol. The molecule has 33 heavy (non-hydrogen) atoms. The van der Waals surface area contributed by atoms with Crippen LogP contribution >= 0.6 is 0 Å². The number of carbonyl (C=O) groups excluding carboxylic acids is 1. The molecule has 8 nitrogen and oxygen atoms in total. The van der Waals surface area contributed by atoms with Gasteiger partial charge in [0.05, 0.1) is 20.8 Å². The molecule has 0 aliphatic heterocycles. The minimum Gasteiger partial charge on any atom is -0.493 e. The van der Waals surface area contributed by atoms with E-state index in [0.29, 0.717) is 36.0 Å². The standard InChI is InChI=1S/C25H24N4O4/c1-31-21-13-20(14-22(32-2)23(21)33-16-19-11-7-4-8-12-19)24(30)27-25-26-17-29(28-25)15-18-9-5-3-6-10-18/h3-14,17H,15-16H2,1-2H3,(H,27,28,30). The molecule has 0 saturated heterocycles. The molecule has 1 N–H and O–H groups in total. The molecule has 0 aliphatic rings. The Bertz CT molecular complexity index is 1180. The SMILES string of the molecule is COc1cc(C(=O)Nc2ncn(Cc3ccccc3)n2)cc(OC)c1OCc1ccccc1. The number of hydrogen-bond acceptors (Lipinski definition) is 6. The predicted molar refractivity (Wildman–Crippen MR) is 124 cm³/mol. The molecule has 0 fully saturated rings. The van der Waals surface area contributed by atoms with Crippen molar-refractivity contribution in [2.24, 2.45) is 0 Å². The van der Waals surface area contributed by atoms with Crippen LogP contribution in [0.5, 0.6) is 17.2 Å². The predicted octanol–water partition coefficient (Wildman–Crippen LogP) is 4.17. The molecule has 0 spiro atoms. The normalized spacial score (nSPS) is 10.5. The third-order valence-corrected chi connectivity index (χ3v) is 4.90. The largest absolute Gasteiger partial charge is 0.493 e. The molecular weight excluding hydrogens is 420 g/mol. The molecule has 1 heterocycles. The first kappa shape index (κ1) is 21.9. The van der Waals surface area contributed by atoms with E-state index >= 15 is 0 Å². The molecule has 0 radical (unpaired) electrons. The summed E-state index contributed by atoms with van der Waals surface area (Å²) in [5, 5.41) is 7.03. The first-order valence-corrected chi connectivity index (χ1v) is 10.3. The van der Waals surface area contributed by atoms with E-state index in [1.807, 2.05) is 60.7 Å². The highest BCUT2D eigenvalue weighted by molar-refractivity contribution is 6.04. The molecule has 0 bridgehead atoms. The Morgan fingerprint density at radius 2 is 1.52 bits per heavy atom. The van der Waals surface area contributed by atoms with Gasteiger partial charge in [0, 0.05) is 5.56 Å². The van der Waals surface area contributed by atoms with E-state index in [-0.39, 0.29) is 5.95 Å². The minimum atomic E-state index is -0.390. The zero-order valence-electron chi connectivity index (χ0n) is 18.4. The van der Waals surface area contributed by atoms with Gasteiger partial charge in [0.1, 0.15) is 12.9 Å². The lowest BCUT2D eigenvalue weighted by atomic mass is 10.1. The van der Waals surface area contributed by atoms with Gasteiger partial charge < -0.3 is 14.2 Å². The number of carbonyl (C=O) groups is 1. The molecule has 0 unspecified atom stereocenters. The van der Waals surface area contributed by atoms with Gasteiger partial charge in [0.2, 0.25) is 11.7 Å². The van der Waals surface area contributed by atoms with Crippen molar-refractivity contribution in [3.8, 4) is 17.2 Å². The number of anilines is 1. The Labute approximate surface area is 191 Å². The van der Waals surface area contributed by atoms with Gasteiger partial charge in [-0.15, -0.1) is 5.10 Å². The van der Waals surface area contributed by atoms with Gasteiger partial charge in [-0.05, 0) is 23.3 Å². The maximum Gasteiger partial charge on any atom is 0.258 e. The highest BCUT2D eigenvalue weighted by Gasteiger charge is 2.19. The summed E-state index contributed by atoms with van der Waals surface area (Å²) in [6.07, 6.45) is 1.57. The van der Waals surface area contributed by atoms with E-state index in [9.17, 15) is 4.79 Å². The lowest BCUT2D eigenvalue weighted by molar-refractivity contribution is 0.102. The number of benzene rings is 3. The highest BCUT2D eigenvalue weighted by Crippen LogP contribution is 2.39. The first-order valence-electron chi connectivity index (χ1n) is 10.3. The number of amides is 1. The van der Waals surface area contributed by atoms with Crippen LogP contribution in [0.3, 0.4) is 0 Å². The first-order chi connectivity index (χ1) is 16.2. The van der Waals surface area contributed by atoms with Crippen molar-refractivity contribution in [1.29, 1.82) is 0 Å². The molecule has 0 atom stereocenters. The summed E-state index contributed by atoms with van der Waals surface area (Å²) in [5.74, 6) is 1.01. The smallest absolute Gasteiger partial charge is 0.258 e. The zero-order chi connectivity index (χ0) is 23.0. The maximum absolute atomic E-state index is 12.9.